The predicted octanol–water partition coefficient (Wildman–Crippen LogP) is 2.15. The molecule has 0 aromatic rings. The summed E-state index contributed by atoms with van der Waals surface area (Å²) in [4.78, 5) is 14.2. The molecule has 0 saturated carbocycles. The van der Waals surface area contributed by atoms with Crippen LogP contribution in [-0.4, -0.2) is 48.0 Å². The van der Waals surface area contributed by atoms with Gasteiger partial charge in [-0.25, -0.2) is 0 Å². The molecule has 1 heterocycles. The number of nitrogens with zero attached hydrogens (tertiary/aromatic N) is 1. The fraction of sp³-hybridized carbons (Fsp3) is 0.917. The quantitative estimate of drug-likeness (QED) is 0.726. The SMILES string of the molecule is CCCSCC(=O)N(CCC)C1CCNC1.Cl. The summed E-state index contributed by atoms with van der Waals surface area (Å²) in [5.74, 6) is 2.08. The first kappa shape index (κ1) is 17.1. The van der Waals surface area contributed by atoms with Gasteiger partial charge in [0, 0.05) is 19.1 Å². The minimum atomic E-state index is 0. The molecule has 0 aliphatic carbocycles. The van der Waals surface area contributed by atoms with Crippen molar-refractivity contribution < 1.29 is 4.79 Å². The lowest BCUT2D eigenvalue weighted by Crippen LogP contribution is -2.43. The van der Waals surface area contributed by atoms with Gasteiger partial charge in [0.25, 0.3) is 0 Å². The molecule has 17 heavy (non-hydrogen) atoms. The van der Waals surface area contributed by atoms with Crippen molar-refractivity contribution in [1.82, 2.24) is 10.2 Å². The maximum absolute atomic E-state index is 12.1. The van der Waals surface area contributed by atoms with Crippen molar-refractivity contribution in [2.24, 2.45) is 0 Å². The number of hydrogen-bond acceptors (Lipinski definition) is 3. The molecule has 0 aromatic carbocycles. The monoisotopic (exact) mass is 280 g/mol. The first-order valence-corrected chi connectivity index (χ1v) is 7.53. The van der Waals surface area contributed by atoms with Crippen molar-refractivity contribution in [1.29, 1.82) is 0 Å². The van der Waals surface area contributed by atoms with Crippen LogP contribution in [-0.2, 0) is 4.79 Å². The maximum atomic E-state index is 12.1. The molecular weight excluding hydrogens is 256 g/mol. The summed E-state index contributed by atoms with van der Waals surface area (Å²) in [6.07, 6.45) is 3.32. The number of amides is 1. The lowest BCUT2D eigenvalue weighted by molar-refractivity contribution is -0.130. The Morgan fingerprint density at radius 1 is 1.41 bits per heavy atom. The molecule has 3 nitrogen and oxygen atoms in total. The van der Waals surface area contributed by atoms with Gasteiger partial charge in [-0.2, -0.15) is 11.8 Å². The van der Waals surface area contributed by atoms with Gasteiger partial charge < -0.3 is 10.2 Å². The summed E-state index contributed by atoms with van der Waals surface area (Å²) in [7, 11) is 0. The van der Waals surface area contributed by atoms with E-state index in [1.807, 2.05) is 0 Å². The standard InChI is InChI=1S/C12H24N2OS.ClH/c1-3-7-14(11-5-6-13-9-11)12(15)10-16-8-4-2;/h11,13H,3-10H2,1-2H3;1H. The van der Waals surface area contributed by atoms with Crippen LogP contribution in [0, 0.1) is 0 Å². The van der Waals surface area contributed by atoms with Gasteiger partial charge in [0.15, 0.2) is 0 Å². The Morgan fingerprint density at radius 3 is 2.71 bits per heavy atom. The third-order valence-electron chi connectivity index (χ3n) is 2.83. The van der Waals surface area contributed by atoms with E-state index < -0.39 is 0 Å². The molecule has 1 atom stereocenters. The molecule has 1 saturated heterocycles. The molecule has 0 radical (unpaired) electrons. The summed E-state index contributed by atoms with van der Waals surface area (Å²) in [6.45, 7) is 7.24. The van der Waals surface area contributed by atoms with E-state index >= 15 is 0 Å². The van der Waals surface area contributed by atoms with Crippen molar-refractivity contribution in [3.8, 4) is 0 Å². The third kappa shape index (κ3) is 5.98. The number of hydrogen-bond donors (Lipinski definition) is 1. The zero-order chi connectivity index (χ0) is 11.8. The van der Waals surface area contributed by atoms with Gasteiger partial charge in [-0.3, -0.25) is 4.79 Å². The van der Waals surface area contributed by atoms with Crippen LogP contribution in [0.15, 0.2) is 0 Å². The van der Waals surface area contributed by atoms with Gasteiger partial charge >= 0.3 is 0 Å². The summed E-state index contributed by atoms with van der Waals surface area (Å²) < 4.78 is 0. The first-order valence-electron chi connectivity index (χ1n) is 6.37. The molecule has 0 bridgehead atoms. The Kier molecular flexibility index (Phi) is 10.1. The van der Waals surface area contributed by atoms with Crippen LogP contribution in [0.1, 0.15) is 33.1 Å². The Balaban J connectivity index is 0.00000256. The molecule has 1 aliphatic rings. The number of carbonyl (C=O) groups is 1. The zero-order valence-electron chi connectivity index (χ0n) is 10.9. The Hall–Kier alpha value is 0.0700. The number of rotatable bonds is 7. The summed E-state index contributed by atoms with van der Waals surface area (Å²) in [5.41, 5.74) is 0. The van der Waals surface area contributed by atoms with Crippen molar-refractivity contribution >= 4 is 30.1 Å². The normalized spacial score (nSPS) is 18.8. The van der Waals surface area contributed by atoms with Gasteiger partial charge in [-0.15, -0.1) is 12.4 Å². The first-order chi connectivity index (χ1) is 7.79. The number of nitrogens with one attached hydrogen (secondary N) is 1. The molecule has 0 spiro atoms. The van der Waals surface area contributed by atoms with Crippen LogP contribution in [0.5, 0.6) is 0 Å². The molecule has 102 valence electrons. The summed E-state index contributed by atoms with van der Waals surface area (Å²) >= 11 is 1.76. The van der Waals surface area contributed by atoms with E-state index in [0.717, 1.165) is 44.6 Å². The van der Waals surface area contributed by atoms with E-state index in [-0.39, 0.29) is 12.4 Å². The average molecular weight is 281 g/mol. The van der Waals surface area contributed by atoms with Crippen LogP contribution >= 0.6 is 24.2 Å². The van der Waals surface area contributed by atoms with E-state index in [9.17, 15) is 4.79 Å². The van der Waals surface area contributed by atoms with Gasteiger partial charge in [-0.1, -0.05) is 13.8 Å². The molecular formula is C12H25ClN2OS. The molecule has 1 aliphatic heterocycles. The highest BCUT2D eigenvalue weighted by Gasteiger charge is 2.25. The second-order valence-electron chi connectivity index (χ2n) is 4.29. The average Bonchev–Trinajstić information content (AvgIpc) is 2.79. The molecule has 1 rings (SSSR count). The predicted molar refractivity (Wildman–Crippen MR) is 78.1 cm³/mol. The Bertz CT molecular complexity index is 211. The molecule has 1 unspecified atom stereocenters. The van der Waals surface area contributed by atoms with Crippen LogP contribution < -0.4 is 5.32 Å². The second kappa shape index (κ2) is 10.0. The van der Waals surface area contributed by atoms with Crippen LogP contribution in [0.2, 0.25) is 0 Å². The van der Waals surface area contributed by atoms with Crippen molar-refractivity contribution in [2.45, 2.75) is 39.2 Å². The smallest absolute Gasteiger partial charge is 0.232 e. The highest BCUT2D eigenvalue weighted by Crippen LogP contribution is 2.12. The highest BCUT2D eigenvalue weighted by molar-refractivity contribution is 7.99. The summed E-state index contributed by atoms with van der Waals surface area (Å²) in [6, 6.07) is 0.440. The van der Waals surface area contributed by atoms with Crippen molar-refractivity contribution in [3.63, 3.8) is 0 Å². The Labute approximate surface area is 115 Å². The van der Waals surface area contributed by atoms with Gasteiger partial charge in [0.2, 0.25) is 5.91 Å². The minimum absolute atomic E-state index is 0. The molecule has 1 fully saturated rings. The molecule has 5 heteroatoms. The maximum Gasteiger partial charge on any atom is 0.232 e. The largest absolute Gasteiger partial charge is 0.338 e. The number of halogens is 1. The van der Waals surface area contributed by atoms with E-state index in [0.29, 0.717) is 17.7 Å². The fourth-order valence-electron chi connectivity index (χ4n) is 2.04. The van der Waals surface area contributed by atoms with Gasteiger partial charge in [0.05, 0.1) is 5.75 Å². The molecule has 1 N–H and O–H groups in total. The zero-order valence-corrected chi connectivity index (χ0v) is 12.5. The second-order valence-corrected chi connectivity index (χ2v) is 5.39. The summed E-state index contributed by atoms with van der Waals surface area (Å²) in [5, 5.41) is 3.33. The van der Waals surface area contributed by atoms with E-state index in [4.69, 9.17) is 0 Å². The lowest BCUT2D eigenvalue weighted by atomic mass is 10.2. The number of thioether (sulfide) groups is 1. The molecule has 0 aromatic heterocycles. The van der Waals surface area contributed by atoms with Crippen molar-refractivity contribution in [2.75, 3.05) is 31.1 Å². The minimum Gasteiger partial charge on any atom is -0.338 e. The van der Waals surface area contributed by atoms with E-state index in [1.165, 1.54) is 0 Å². The van der Waals surface area contributed by atoms with Crippen LogP contribution in [0.4, 0.5) is 0 Å². The third-order valence-corrected chi connectivity index (χ3v) is 3.98. The van der Waals surface area contributed by atoms with Crippen LogP contribution in [0.3, 0.4) is 0 Å². The number of carbonyl (C=O) groups excluding carboxylic acids is 1. The Morgan fingerprint density at radius 2 is 2.18 bits per heavy atom. The van der Waals surface area contributed by atoms with Gasteiger partial charge in [-0.05, 0) is 31.6 Å². The highest BCUT2D eigenvalue weighted by atomic mass is 35.5. The van der Waals surface area contributed by atoms with E-state index in [1.54, 1.807) is 11.8 Å². The van der Waals surface area contributed by atoms with E-state index in [2.05, 4.69) is 24.1 Å². The topological polar surface area (TPSA) is 32.3 Å². The fourth-order valence-corrected chi connectivity index (χ4v) is 2.82. The van der Waals surface area contributed by atoms with Crippen LogP contribution in [0.25, 0.3) is 0 Å². The van der Waals surface area contributed by atoms with Crippen molar-refractivity contribution in [3.05, 3.63) is 0 Å². The van der Waals surface area contributed by atoms with Gasteiger partial charge in [0.1, 0.15) is 0 Å². The lowest BCUT2D eigenvalue weighted by Gasteiger charge is -2.28. The molecule has 1 amide bonds.